The molecule has 3 rings (SSSR count). The predicted molar refractivity (Wildman–Crippen MR) is 70.5 cm³/mol. The van der Waals surface area contributed by atoms with Crippen LogP contribution in [0.25, 0.3) is 0 Å². The number of anilines is 2. The maximum atomic E-state index is 5.74. The molecule has 1 heterocycles. The number of aromatic nitrogens is 1. The molecule has 2 saturated carbocycles. The average Bonchev–Trinajstić information content (AvgIpc) is 3.20. The van der Waals surface area contributed by atoms with Gasteiger partial charge in [0.05, 0.1) is 7.11 Å². The lowest BCUT2D eigenvalue weighted by Gasteiger charge is -2.16. The number of ether oxygens (including phenoxy) is 1. The number of methoxy groups -OCH3 is 1. The van der Waals surface area contributed by atoms with Gasteiger partial charge in [-0.05, 0) is 55.0 Å². The molecule has 0 aromatic carbocycles. The van der Waals surface area contributed by atoms with E-state index in [-0.39, 0.29) is 0 Å². The standard InChI is InChI=1S/C12H19N3OS/c1-16-10-11(13)15-17-12(10)14-6-9(7-2-3-7)8-4-5-8/h7-9,14H,2-6H2,1H3,(H2,13,15). The van der Waals surface area contributed by atoms with Crippen LogP contribution >= 0.6 is 11.5 Å². The molecule has 0 aliphatic heterocycles. The van der Waals surface area contributed by atoms with E-state index in [0.29, 0.717) is 11.6 Å². The largest absolute Gasteiger partial charge is 0.490 e. The molecule has 94 valence electrons. The summed E-state index contributed by atoms with van der Waals surface area (Å²) < 4.78 is 9.38. The second-order valence-corrected chi connectivity index (χ2v) is 5.92. The van der Waals surface area contributed by atoms with E-state index in [2.05, 4.69) is 9.69 Å². The van der Waals surface area contributed by atoms with Gasteiger partial charge in [-0.2, -0.15) is 4.37 Å². The lowest BCUT2D eigenvalue weighted by molar-refractivity contribution is 0.414. The Morgan fingerprint density at radius 3 is 2.59 bits per heavy atom. The molecular weight excluding hydrogens is 234 g/mol. The molecule has 0 spiro atoms. The molecule has 3 N–H and O–H groups in total. The lowest BCUT2D eigenvalue weighted by atomic mass is 9.98. The lowest BCUT2D eigenvalue weighted by Crippen LogP contribution is -2.18. The molecule has 0 unspecified atom stereocenters. The van der Waals surface area contributed by atoms with Crippen LogP contribution in [0, 0.1) is 17.8 Å². The minimum Gasteiger partial charge on any atom is -0.490 e. The highest BCUT2D eigenvalue weighted by Crippen LogP contribution is 2.49. The van der Waals surface area contributed by atoms with Gasteiger partial charge in [0.25, 0.3) is 0 Å². The third kappa shape index (κ3) is 2.34. The average molecular weight is 253 g/mol. The fourth-order valence-electron chi connectivity index (χ4n) is 2.58. The summed E-state index contributed by atoms with van der Waals surface area (Å²) in [6, 6.07) is 0. The van der Waals surface area contributed by atoms with Gasteiger partial charge in [0.15, 0.2) is 16.6 Å². The Bertz CT molecular complexity index is 386. The highest BCUT2D eigenvalue weighted by atomic mass is 32.1. The van der Waals surface area contributed by atoms with Crippen LogP contribution in [-0.2, 0) is 0 Å². The molecule has 0 bridgehead atoms. The zero-order chi connectivity index (χ0) is 11.8. The Labute approximate surface area is 106 Å². The number of rotatable bonds is 6. The maximum absolute atomic E-state index is 5.74. The van der Waals surface area contributed by atoms with Crippen LogP contribution in [0.4, 0.5) is 10.8 Å². The van der Waals surface area contributed by atoms with Gasteiger partial charge in [-0.25, -0.2) is 0 Å². The molecular formula is C12H19N3OS. The van der Waals surface area contributed by atoms with Crippen molar-refractivity contribution >= 4 is 22.4 Å². The van der Waals surface area contributed by atoms with Crippen LogP contribution in [0.15, 0.2) is 0 Å². The molecule has 0 saturated heterocycles. The van der Waals surface area contributed by atoms with E-state index >= 15 is 0 Å². The molecule has 17 heavy (non-hydrogen) atoms. The van der Waals surface area contributed by atoms with Crippen molar-refractivity contribution < 1.29 is 4.74 Å². The van der Waals surface area contributed by atoms with E-state index in [0.717, 1.165) is 29.3 Å². The van der Waals surface area contributed by atoms with Gasteiger partial charge in [0.2, 0.25) is 0 Å². The SMILES string of the molecule is COc1c(N)nsc1NCC(C1CC1)C1CC1. The first kappa shape index (κ1) is 11.1. The summed E-state index contributed by atoms with van der Waals surface area (Å²) in [5.41, 5.74) is 5.74. The van der Waals surface area contributed by atoms with Gasteiger partial charge in [0, 0.05) is 6.54 Å². The van der Waals surface area contributed by atoms with E-state index in [1.54, 1.807) is 7.11 Å². The Morgan fingerprint density at radius 2 is 2.06 bits per heavy atom. The van der Waals surface area contributed by atoms with E-state index in [1.165, 1.54) is 37.2 Å². The summed E-state index contributed by atoms with van der Waals surface area (Å²) in [5.74, 6) is 3.98. The molecule has 2 aliphatic carbocycles. The zero-order valence-electron chi connectivity index (χ0n) is 10.1. The van der Waals surface area contributed by atoms with E-state index in [1.807, 2.05) is 0 Å². The highest BCUT2D eigenvalue weighted by Gasteiger charge is 2.41. The van der Waals surface area contributed by atoms with Gasteiger partial charge < -0.3 is 15.8 Å². The van der Waals surface area contributed by atoms with E-state index in [4.69, 9.17) is 10.5 Å². The predicted octanol–water partition coefficient (Wildman–Crippen LogP) is 2.58. The first-order chi connectivity index (χ1) is 8.29. The van der Waals surface area contributed by atoms with Gasteiger partial charge in [-0.15, -0.1) is 0 Å². The summed E-state index contributed by atoms with van der Waals surface area (Å²) >= 11 is 1.40. The smallest absolute Gasteiger partial charge is 0.197 e. The molecule has 0 amide bonds. The fourth-order valence-corrected chi connectivity index (χ4v) is 3.27. The van der Waals surface area contributed by atoms with Crippen LogP contribution in [0.1, 0.15) is 25.7 Å². The monoisotopic (exact) mass is 253 g/mol. The second kappa shape index (κ2) is 4.37. The normalized spacial score (nSPS) is 19.6. The highest BCUT2D eigenvalue weighted by molar-refractivity contribution is 7.11. The fraction of sp³-hybridized carbons (Fsp3) is 0.750. The van der Waals surface area contributed by atoms with Crippen molar-refractivity contribution in [3.05, 3.63) is 0 Å². The number of hydrogen-bond donors (Lipinski definition) is 2. The van der Waals surface area contributed by atoms with Gasteiger partial charge in [0.1, 0.15) is 0 Å². The van der Waals surface area contributed by atoms with Crippen LogP contribution in [0.3, 0.4) is 0 Å². The molecule has 1 aromatic rings. The first-order valence-corrected chi connectivity index (χ1v) is 7.10. The Hall–Kier alpha value is -0.970. The molecule has 5 heteroatoms. The Morgan fingerprint density at radius 1 is 1.41 bits per heavy atom. The number of nitrogen functional groups attached to an aromatic ring is 1. The molecule has 1 aromatic heterocycles. The van der Waals surface area contributed by atoms with Crippen molar-refractivity contribution in [3.63, 3.8) is 0 Å². The number of nitrogens with two attached hydrogens (primary N) is 1. The van der Waals surface area contributed by atoms with Crippen molar-refractivity contribution in [2.24, 2.45) is 17.8 Å². The van der Waals surface area contributed by atoms with Crippen molar-refractivity contribution in [2.45, 2.75) is 25.7 Å². The van der Waals surface area contributed by atoms with Crippen molar-refractivity contribution in [3.8, 4) is 5.75 Å². The summed E-state index contributed by atoms with van der Waals surface area (Å²) in [7, 11) is 1.64. The number of nitrogens with one attached hydrogen (secondary N) is 1. The Kier molecular flexibility index (Phi) is 2.86. The first-order valence-electron chi connectivity index (χ1n) is 6.32. The molecule has 2 fully saturated rings. The molecule has 0 atom stereocenters. The number of hydrogen-bond acceptors (Lipinski definition) is 5. The molecule has 0 radical (unpaired) electrons. The van der Waals surface area contributed by atoms with Crippen LogP contribution in [0.5, 0.6) is 5.75 Å². The molecule has 2 aliphatic rings. The van der Waals surface area contributed by atoms with Crippen molar-refractivity contribution in [1.29, 1.82) is 0 Å². The van der Waals surface area contributed by atoms with Crippen molar-refractivity contribution in [2.75, 3.05) is 24.7 Å². The maximum Gasteiger partial charge on any atom is 0.197 e. The van der Waals surface area contributed by atoms with Gasteiger partial charge in [-0.3, -0.25) is 0 Å². The number of nitrogens with zero attached hydrogens (tertiary/aromatic N) is 1. The van der Waals surface area contributed by atoms with E-state index < -0.39 is 0 Å². The Balaban J connectivity index is 1.61. The summed E-state index contributed by atoms with van der Waals surface area (Å²) in [6.45, 7) is 1.05. The van der Waals surface area contributed by atoms with Crippen LogP contribution in [0.2, 0.25) is 0 Å². The van der Waals surface area contributed by atoms with E-state index in [9.17, 15) is 0 Å². The quantitative estimate of drug-likeness (QED) is 0.818. The summed E-state index contributed by atoms with van der Waals surface area (Å²) in [4.78, 5) is 0. The summed E-state index contributed by atoms with van der Waals surface area (Å²) in [6.07, 6.45) is 5.69. The van der Waals surface area contributed by atoms with Gasteiger partial charge >= 0.3 is 0 Å². The van der Waals surface area contributed by atoms with Gasteiger partial charge in [-0.1, -0.05) is 0 Å². The van der Waals surface area contributed by atoms with Crippen LogP contribution < -0.4 is 15.8 Å². The molecule has 4 nitrogen and oxygen atoms in total. The van der Waals surface area contributed by atoms with Crippen molar-refractivity contribution in [1.82, 2.24) is 4.37 Å². The second-order valence-electron chi connectivity index (χ2n) is 5.15. The topological polar surface area (TPSA) is 60.2 Å². The summed E-state index contributed by atoms with van der Waals surface area (Å²) in [5, 5.41) is 4.46. The minimum absolute atomic E-state index is 0.495. The third-order valence-electron chi connectivity index (χ3n) is 3.83. The third-order valence-corrected chi connectivity index (χ3v) is 4.63. The van der Waals surface area contributed by atoms with Crippen LogP contribution in [-0.4, -0.2) is 18.0 Å². The minimum atomic E-state index is 0.495. The zero-order valence-corrected chi connectivity index (χ0v) is 10.9.